The predicted molar refractivity (Wildman–Crippen MR) is 77.0 cm³/mol. The number of ether oxygens (including phenoxy) is 2. The van der Waals surface area contributed by atoms with Gasteiger partial charge in [0.25, 0.3) is 0 Å². The van der Waals surface area contributed by atoms with Crippen LogP contribution in [0.2, 0.25) is 0 Å². The second kappa shape index (κ2) is 6.90. The van der Waals surface area contributed by atoms with Crippen LogP contribution in [0.15, 0.2) is 23.3 Å². The molecule has 3 nitrogen and oxygen atoms in total. The van der Waals surface area contributed by atoms with Gasteiger partial charge in [0.2, 0.25) is 0 Å². The normalized spacial score (nSPS) is 23.5. The fraction of sp³-hybridized carbons (Fsp3) is 0.688. The highest BCUT2D eigenvalue weighted by Crippen LogP contribution is 2.32. The first kappa shape index (κ1) is 16.0. The first-order chi connectivity index (χ1) is 8.84. The van der Waals surface area contributed by atoms with Crippen molar-refractivity contribution >= 4 is 5.97 Å². The lowest BCUT2D eigenvalue weighted by Crippen LogP contribution is -2.20. The summed E-state index contributed by atoms with van der Waals surface area (Å²) in [5, 5.41) is 0. The highest BCUT2D eigenvalue weighted by molar-refractivity contribution is 5.82. The van der Waals surface area contributed by atoms with Crippen LogP contribution in [0.25, 0.3) is 0 Å². The van der Waals surface area contributed by atoms with Crippen LogP contribution < -0.4 is 0 Å². The number of methoxy groups -OCH3 is 1. The molecule has 1 rings (SSSR count). The summed E-state index contributed by atoms with van der Waals surface area (Å²) in [5.74, 6) is -0.279. The molecule has 1 aliphatic rings. The van der Waals surface area contributed by atoms with Crippen molar-refractivity contribution in [2.24, 2.45) is 0 Å². The summed E-state index contributed by atoms with van der Waals surface area (Å²) in [6.07, 6.45) is 8.07. The van der Waals surface area contributed by atoms with E-state index in [0.717, 1.165) is 31.3 Å². The maximum Gasteiger partial charge on any atom is 0.330 e. The van der Waals surface area contributed by atoms with Crippen LogP contribution in [0.5, 0.6) is 0 Å². The third-order valence-corrected chi connectivity index (χ3v) is 3.55. The van der Waals surface area contributed by atoms with E-state index in [-0.39, 0.29) is 17.7 Å². The smallest absolute Gasteiger partial charge is 0.330 e. The third kappa shape index (κ3) is 5.60. The molecule has 0 aromatic rings. The SMILES string of the molecule is COC(=O)/C=C(\C)CC/C=C(\C)[C@@H]1CCC(C)(C)O1. The van der Waals surface area contributed by atoms with Crippen LogP contribution in [0.1, 0.15) is 53.4 Å². The van der Waals surface area contributed by atoms with E-state index in [1.807, 2.05) is 6.92 Å². The Labute approximate surface area is 116 Å². The van der Waals surface area contributed by atoms with Gasteiger partial charge in [-0.05, 0) is 59.0 Å². The van der Waals surface area contributed by atoms with Crippen LogP contribution in [-0.2, 0) is 14.3 Å². The zero-order chi connectivity index (χ0) is 14.5. The van der Waals surface area contributed by atoms with Gasteiger partial charge in [0.05, 0.1) is 18.8 Å². The summed E-state index contributed by atoms with van der Waals surface area (Å²) < 4.78 is 10.6. The van der Waals surface area contributed by atoms with Gasteiger partial charge in [-0.3, -0.25) is 0 Å². The van der Waals surface area contributed by atoms with E-state index in [1.54, 1.807) is 6.08 Å². The Balaban J connectivity index is 2.41. The maximum absolute atomic E-state index is 11.1. The highest BCUT2D eigenvalue weighted by Gasteiger charge is 2.32. The molecule has 0 saturated carbocycles. The fourth-order valence-corrected chi connectivity index (χ4v) is 2.29. The lowest BCUT2D eigenvalue weighted by molar-refractivity contribution is -0.134. The average Bonchev–Trinajstić information content (AvgIpc) is 2.69. The molecule has 0 amide bonds. The average molecular weight is 266 g/mol. The summed E-state index contributed by atoms with van der Waals surface area (Å²) in [5.41, 5.74) is 2.36. The molecule has 108 valence electrons. The molecule has 19 heavy (non-hydrogen) atoms. The summed E-state index contributed by atoms with van der Waals surface area (Å²) in [4.78, 5) is 11.1. The number of esters is 1. The van der Waals surface area contributed by atoms with E-state index < -0.39 is 0 Å². The molecule has 0 unspecified atom stereocenters. The Morgan fingerprint density at radius 1 is 1.42 bits per heavy atom. The van der Waals surface area contributed by atoms with E-state index in [9.17, 15) is 4.79 Å². The number of hydrogen-bond donors (Lipinski definition) is 0. The maximum atomic E-state index is 11.1. The fourth-order valence-electron chi connectivity index (χ4n) is 2.29. The number of rotatable bonds is 5. The highest BCUT2D eigenvalue weighted by atomic mass is 16.5. The molecule has 1 heterocycles. The van der Waals surface area contributed by atoms with Crippen LogP contribution in [0.3, 0.4) is 0 Å². The van der Waals surface area contributed by atoms with Crippen LogP contribution in [0.4, 0.5) is 0 Å². The van der Waals surface area contributed by atoms with E-state index in [2.05, 4.69) is 31.6 Å². The van der Waals surface area contributed by atoms with Gasteiger partial charge < -0.3 is 9.47 Å². The Morgan fingerprint density at radius 3 is 2.63 bits per heavy atom. The van der Waals surface area contributed by atoms with E-state index in [4.69, 9.17) is 4.74 Å². The molecule has 1 atom stereocenters. The topological polar surface area (TPSA) is 35.5 Å². The molecular weight excluding hydrogens is 240 g/mol. The van der Waals surface area contributed by atoms with Gasteiger partial charge in [0, 0.05) is 6.08 Å². The molecule has 1 aliphatic heterocycles. The van der Waals surface area contributed by atoms with Gasteiger partial charge in [-0.25, -0.2) is 4.79 Å². The van der Waals surface area contributed by atoms with Crippen molar-refractivity contribution < 1.29 is 14.3 Å². The van der Waals surface area contributed by atoms with Crippen LogP contribution in [-0.4, -0.2) is 24.8 Å². The summed E-state index contributed by atoms with van der Waals surface area (Å²) in [6.45, 7) is 8.37. The Kier molecular flexibility index (Phi) is 5.80. The molecule has 0 spiro atoms. The summed E-state index contributed by atoms with van der Waals surface area (Å²) >= 11 is 0. The minimum atomic E-state index is -0.279. The Hall–Kier alpha value is -1.09. The van der Waals surface area contributed by atoms with Gasteiger partial charge in [-0.1, -0.05) is 11.6 Å². The van der Waals surface area contributed by atoms with Crippen molar-refractivity contribution in [1.82, 2.24) is 0 Å². The molecule has 1 fully saturated rings. The largest absolute Gasteiger partial charge is 0.466 e. The third-order valence-electron chi connectivity index (χ3n) is 3.55. The minimum Gasteiger partial charge on any atom is -0.466 e. The number of hydrogen-bond acceptors (Lipinski definition) is 3. The van der Waals surface area contributed by atoms with Gasteiger partial charge >= 0.3 is 5.97 Å². The van der Waals surface area contributed by atoms with Gasteiger partial charge in [-0.15, -0.1) is 0 Å². The van der Waals surface area contributed by atoms with Crippen molar-refractivity contribution in [2.75, 3.05) is 7.11 Å². The van der Waals surface area contributed by atoms with Crippen LogP contribution in [0, 0.1) is 0 Å². The molecule has 0 radical (unpaired) electrons. The molecule has 0 aromatic carbocycles. The lowest BCUT2D eigenvalue weighted by atomic mass is 10.0. The van der Waals surface area contributed by atoms with Crippen molar-refractivity contribution in [3.63, 3.8) is 0 Å². The van der Waals surface area contributed by atoms with E-state index >= 15 is 0 Å². The zero-order valence-corrected chi connectivity index (χ0v) is 12.8. The van der Waals surface area contributed by atoms with Crippen molar-refractivity contribution in [1.29, 1.82) is 0 Å². The van der Waals surface area contributed by atoms with Crippen molar-refractivity contribution in [3.8, 4) is 0 Å². The second-order valence-corrected chi connectivity index (χ2v) is 5.91. The first-order valence-electron chi connectivity index (χ1n) is 6.93. The Bertz CT molecular complexity index is 377. The molecule has 0 aromatic heterocycles. The lowest BCUT2D eigenvalue weighted by Gasteiger charge is -2.19. The molecule has 0 N–H and O–H groups in total. The van der Waals surface area contributed by atoms with Gasteiger partial charge in [0.15, 0.2) is 0 Å². The predicted octanol–water partition coefficient (Wildman–Crippen LogP) is 3.79. The van der Waals surface area contributed by atoms with Gasteiger partial charge in [-0.2, -0.15) is 0 Å². The molecular formula is C16H26O3. The molecule has 3 heteroatoms. The first-order valence-corrected chi connectivity index (χ1v) is 6.93. The standard InChI is InChI=1S/C16H26O3/c1-12(11-15(17)18-5)7-6-8-13(2)14-9-10-16(3,4)19-14/h8,11,14H,6-7,9-10H2,1-5H3/b12-11+,13-8+/t14-/m0/s1. The van der Waals surface area contributed by atoms with Gasteiger partial charge in [0.1, 0.15) is 0 Å². The van der Waals surface area contributed by atoms with E-state index in [1.165, 1.54) is 12.7 Å². The Morgan fingerprint density at radius 2 is 2.11 bits per heavy atom. The van der Waals surface area contributed by atoms with Crippen LogP contribution >= 0.6 is 0 Å². The molecule has 1 saturated heterocycles. The quantitative estimate of drug-likeness (QED) is 0.431. The second-order valence-electron chi connectivity index (χ2n) is 5.91. The van der Waals surface area contributed by atoms with Crippen molar-refractivity contribution in [3.05, 3.63) is 23.3 Å². The number of allylic oxidation sites excluding steroid dienone is 2. The number of carbonyl (C=O) groups excluding carboxylic acids is 1. The monoisotopic (exact) mass is 266 g/mol. The zero-order valence-electron chi connectivity index (χ0n) is 12.8. The van der Waals surface area contributed by atoms with E-state index in [0.29, 0.717) is 0 Å². The molecule has 0 aliphatic carbocycles. The number of carbonyl (C=O) groups is 1. The minimum absolute atomic E-state index is 0.0144. The molecule has 0 bridgehead atoms. The van der Waals surface area contributed by atoms with Crippen molar-refractivity contribution in [2.45, 2.75) is 65.1 Å². The summed E-state index contributed by atoms with van der Waals surface area (Å²) in [6, 6.07) is 0. The summed E-state index contributed by atoms with van der Waals surface area (Å²) in [7, 11) is 1.40.